The van der Waals surface area contributed by atoms with Crippen LogP contribution >= 0.6 is 0 Å². The van der Waals surface area contributed by atoms with E-state index >= 15 is 0 Å². The first-order valence-electron chi connectivity index (χ1n) is 10.6. The number of rotatable bonds is 3. The minimum atomic E-state index is -0.304. The minimum absolute atomic E-state index is 0.0600. The summed E-state index contributed by atoms with van der Waals surface area (Å²) in [5.41, 5.74) is 1.55. The van der Waals surface area contributed by atoms with Crippen molar-refractivity contribution in [3.05, 3.63) is 59.7 Å². The molecule has 0 N–H and O–H groups in total. The zero-order valence-corrected chi connectivity index (χ0v) is 17.4. The molecule has 0 radical (unpaired) electrons. The van der Waals surface area contributed by atoms with Crippen molar-refractivity contribution < 1.29 is 14.0 Å². The molecule has 2 aromatic rings. The van der Waals surface area contributed by atoms with Gasteiger partial charge in [0.1, 0.15) is 11.5 Å². The predicted octanol–water partition coefficient (Wildman–Crippen LogP) is 3.39. The van der Waals surface area contributed by atoms with Crippen LogP contribution in [0.3, 0.4) is 0 Å². The normalized spacial score (nSPS) is 25.5. The molecule has 3 aliphatic rings. The van der Waals surface area contributed by atoms with Gasteiger partial charge in [0, 0.05) is 57.8 Å². The second kappa shape index (κ2) is 7.15. The third-order valence-electron chi connectivity index (χ3n) is 6.71. The van der Waals surface area contributed by atoms with Gasteiger partial charge in [-0.2, -0.15) is 0 Å². The first-order chi connectivity index (χ1) is 14.4. The van der Waals surface area contributed by atoms with Crippen LogP contribution in [0.15, 0.2) is 42.6 Å². The summed E-state index contributed by atoms with van der Waals surface area (Å²) in [4.78, 5) is 31.5. The van der Waals surface area contributed by atoms with Crippen molar-refractivity contribution >= 4 is 11.9 Å². The van der Waals surface area contributed by atoms with Gasteiger partial charge in [-0.25, -0.2) is 9.18 Å². The van der Waals surface area contributed by atoms with Crippen LogP contribution < -0.4 is 0 Å². The van der Waals surface area contributed by atoms with Gasteiger partial charge in [0.25, 0.3) is 5.91 Å². The molecule has 7 heteroatoms. The largest absolute Gasteiger partial charge is 0.340 e. The number of halogens is 1. The van der Waals surface area contributed by atoms with Crippen molar-refractivity contribution in [3.8, 4) is 0 Å². The van der Waals surface area contributed by atoms with Crippen molar-refractivity contribution in [2.45, 2.75) is 24.9 Å². The Morgan fingerprint density at radius 2 is 1.87 bits per heavy atom. The first kappa shape index (κ1) is 19.2. The zero-order valence-electron chi connectivity index (χ0n) is 17.4. The van der Waals surface area contributed by atoms with E-state index in [9.17, 15) is 14.0 Å². The summed E-state index contributed by atoms with van der Waals surface area (Å²) in [7, 11) is 3.47. The fraction of sp³-hybridized carbons (Fsp3) is 0.478. The molecule has 1 aromatic carbocycles. The molecule has 0 spiro atoms. The average molecular weight is 410 g/mol. The van der Waals surface area contributed by atoms with E-state index in [1.54, 1.807) is 25.1 Å². The maximum atomic E-state index is 14.0. The summed E-state index contributed by atoms with van der Waals surface area (Å²) in [5.74, 6) is 0.0469. The smallest absolute Gasteiger partial charge is 0.320 e. The van der Waals surface area contributed by atoms with Crippen molar-refractivity contribution in [1.29, 1.82) is 0 Å². The molecule has 3 amide bonds. The van der Waals surface area contributed by atoms with Crippen LogP contribution in [0.1, 0.15) is 41.0 Å². The highest BCUT2D eigenvalue weighted by atomic mass is 19.1. The van der Waals surface area contributed by atoms with Gasteiger partial charge in [0.15, 0.2) is 0 Å². The second-order valence-electron chi connectivity index (χ2n) is 9.00. The quantitative estimate of drug-likeness (QED) is 0.779. The Bertz CT molecular complexity index is 983. The van der Waals surface area contributed by atoms with Gasteiger partial charge in [-0.1, -0.05) is 12.1 Å². The van der Waals surface area contributed by atoms with Crippen LogP contribution in [0, 0.1) is 17.7 Å². The van der Waals surface area contributed by atoms with Gasteiger partial charge in [-0.15, -0.1) is 0 Å². The number of fused-ring (bicyclic) bond motifs is 1. The molecule has 2 saturated heterocycles. The number of carbonyl (C=O) groups excluding carboxylic acids is 2. The fourth-order valence-electron chi connectivity index (χ4n) is 5.19. The summed E-state index contributed by atoms with van der Waals surface area (Å²) >= 11 is 0. The van der Waals surface area contributed by atoms with E-state index in [4.69, 9.17) is 0 Å². The number of benzene rings is 1. The lowest BCUT2D eigenvalue weighted by Gasteiger charge is -2.32. The molecule has 0 unspecified atom stereocenters. The Morgan fingerprint density at radius 1 is 1.07 bits per heavy atom. The Hall–Kier alpha value is -2.83. The van der Waals surface area contributed by atoms with Gasteiger partial charge < -0.3 is 19.3 Å². The second-order valence-corrected chi connectivity index (χ2v) is 9.00. The van der Waals surface area contributed by atoms with Crippen molar-refractivity contribution in [1.82, 2.24) is 19.3 Å². The standard InChI is InChI=1S/C23H27FN4O2/c1-25(2)23(30)28-13-16-12-26(22(29)20-7-4-10-27(20)18-8-9-18)14-19(16)21(28)15-5-3-6-17(24)11-15/h3-7,10-11,16,18-19,21H,8-9,12-14H2,1-2H3/t16-,19-,21-/m1/s1. The van der Waals surface area contributed by atoms with E-state index in [2.05, 4.69) is 4.57 Å². The third kappa shape index (κ3) is 3.16. The molecule has 5 rings (SSSR count). The lowest BCUT2D eigenvalue weighted by atomic mass is 9.89. The topological polar surface area (TPSA) is 48.8 Å². The van der Waals surface area contributed by atoms with E-state index in [0.29, 0.717) is 25.7 Å². The van der Waals surface area contributed by atoms with Crippen LogP contribution in [0.2, 0.25) is 0 Å². The molecular formula is C23H27FN4O2. The highest BCUT2D eigenvalue weighted by molar-refractivity contribution is 5.93. The van der Waals surface area contributed by atoms with Crippen LogP contribution in [0.25, 0.3) is 0 Å². The molecule has 0 bridgehead atoms. The number of hydrogen-bond acceptors (Lipinski definition) is 2. The van der Waals surface area contributed by atoms with Crippen LogP contribution in [-0.2, 0) is 0 Å². The molecule has 6 nitrogen and oxygen atoms in total. The van der Waals surface area contributed by atoms with E-state index < -0.39 is 0 Å². The van der Waals surface area contributed by atoms with Gasteiger partial charge in [0.05, 0.1) is 6.04 Å². The molecule has 1 aliphatic carbocycles. The molecule has 158 valence electrons. The van der Waals surface area contributed by atoms with Crippen molar-refractivity contribution in [2.75, 3.05) is 33.7 Å². The average Bonchev–Trinajstić information content (AvgIpc) is 3.15. The Labute approximate surface area is 175 Å². The number of hydrogen-bond donors (Lipinski definition) is 0. The molecule has 3 heterocycles. The van der Waals surface area contributed by atoms with Crippen LogP contribution in [0.4, 0.5) is 9.18 Å². The van der Waals surface area contributed by atoms with E-state index in [-0.39, 0.29) is 35.6 Å². The van der Waals surface area contributed by atoms with Gasteiger partial charge in [-0.3, -0.25) is 4.79 Å². The molecule has 30 heavy (non-hydrogen) atoms. The third-order valence-corrected chi connectivity index (χ3v) is 6.71. The monoisotopic (exact) mass is 410 g/mol. The van der Waals surface area contributed by atoms with Gasteiger partial charge in [-0.05, 0) is 42.7 Å². The summed E-state index contributed by atoms with van der Waals surface area (Å²) < 4.78 is 16.1. The molecule has 1 aromatic heterocycles. The summed E-state index contributed by atoms with van der Waals surface area (Å²) in [6, 6.07) is 10.5. The number of nitrogens with zero attached hydrogens (tertiary/aromatic N) is 4. The minimum Gasteiger partial charge on any atom is -0.340 e. The van der Waals surface area contributed by atoms with E-state index in [1.165, 1.54) is 12.1 Å². The zero-order chi connectivity index (χ0) is 21.0. The predicted molar refractivity (Wildman–Crippen MR) is 111 cm³/mol. The summed E-state index contributed by atoms with van der Waals surface area (Å²) in [6.45, 7) is 1.79. The summed E-state index contributed by atoms with van der Waals surface area (Å²) in [6.07, 6.45) is 4.25. The van der Waals surface area contributed by atoms with E-state index in [1.807, 2.05) is 34.2 Å². The maximum absolute atomic E-state index is 14.0. The highest BCUT2D eigenvalue weighted by Gasteiger charge is 2.50. The Kier molecular flexibility index (Phi) is 4.56. The van der Waals surface area contributed by atoms with Gasteiger partial charge >= 0.3 is 6.03 Å². The lowest BCUT2D eigenvalue weighted by Crippen LogP contribution is -2.42. The molecule has 2 aliphatic heterocycles. The van der Waals surface area contributed by atoms with Crippen molar-refractivity contribution in [3.63, 3.8) is 0 Å². The van der Waals surface area contributed by atoms with Gasteiger partial charge in [0.2, 0.25) is 0 Å². The Balaban J connectivity index is 1.42. The first-order valence-corrected chi connectivity index (χ1v) is 10.6. The number of aromatic nitrogens is 1. The maximum Gasteiger partial charge on any atom is 0.320 e. The molecule has 3 fully saturated rings. The Morgan fingerprint density at radius 3 is 2.57 bits per heavy atom. The molecule has 1 saturated carbocycles. The molecular weight excluding hydrogens is 383 g/mol. The molecule has 3 atom stereocenters. The number of likely N-dealkylation sites (tertiary alicyclic amines) is 2. The fourth-order valence-corrected chi connectivity index (χ4v) is 5.19. The number of urea groups is 1. The number of amides is 3. The van der Waals surface area contributed by atoms with E-state index in [0.717, 1.165) is 24.1 Å². The van der Waals surface area contributed by atoms with Crippen LogP contribution in [0.5, 0.6) is 0 Å². The number of carbonyl (C=O) groups is 2. The highest BCUT2D eigenvalue weighted by Crippen LogP contribution is 2.46. The van der Waals surface area contributed by atoms with Crippen LogP contribution in [-0.4, -0.2) is 64.9 Å². The van der Waals surface area contributed by atoms with Crippen molar-refractivity contribution in [2.24, 2.45) is 11.8 Å². The SMILES string of the molecule is CN(C)C(=O)N1C[C@H]2CN(C(=O)c3cccn3C3CC3)C[C@H]2[C@H]1c1cccc(F)c1. The summed E-state index contributed by atoms with van der Waals surface area (Å²) in [5, 5.41) is 0. The lowest BCUT2D eigenvalue weighted by molar-refractivity contribution is 0.0755.